The third-order valence-corrected chi connectivity index (χ3v) is 5.91. The van der Waals surface area contributed by atoms with Crippen molar-refractivity contribution in [2.24, 2.45) is 0 Å². The van der Waals surface area contributed by atoms with Crippen LogP contribution in [-0.4, -0.2) is 34.5 Å². The Balaban J connectivity index is 1.35. The number of fused-ring (bicyclic) bond motifs is 1. The van der Waals surface area contributed by atoms with E-state index in [9.17, 15) is 4.79 Å². The zero-order valence-corrected chi connectivity index (χ0v) is 16.1. The molecule has 0 atom stereocenters. The van der Waals surface area contributed by atoms with Gasteiger partial charge in [-0.25, -0.2) is 0 Å². The lowest BCUT2D eigenvalue weighted by atomic mass is 9.92. The summed E-state index contributed by atoms with van der Waals surface area (Å²) in [5.41, 5.74) is 1.74. The predicted molar refractivity (Wildman–Crippen MR) is 108 cm³/mol. The van der Waals surface area contributed by atoms with Gasteiger partial charge < -0.3 is 10.1 Å². The molecule has 1 heterocycles. The minimum atomic E-state index is 0.00930. The highest BCUT2D eigenvalue weighted by Crippen LogP contribution is 2.36. The number of hydrogen-bond donors (Lipinski definition) is 2. The van der Waals surface area contributed by atoms with Crippen molar-refractivity contribution in [3.8, 4) is 5.75 Å². The first-order chi connectivity index (χ1) is 13.2. The molecular formula is C21H23N3O2S. The smallest absolute Gasteiger partial charge is 0.251 e. The van der Waals surface area contributed by atoms with Crippen LogP contribution in [0.1, 0.15) is 36.0 Å². The maximum atomic E-state index is 12.3. The molecule has 140 valence electrons. The second kappa shape index (κ2) is 8.05. The first kappa shape index (κ1) is 17.9. The van der Waals surface area contributed by atoms with Crippen molar-refractivity contribution in [2.75, 3.05) is 6.26 Å². The van der Waals surface area contributed by atoms with Gasteiger partial charge in [-0.05, 0) is 56.2 Å². The predicted octanol–water partition coefficient (Wildman–Crippen LogP) is 4.40. The number of carbonyl (C=O) groups excluding carboxylic acids is 1. The Morgan fingerprint density at radius 1 is 1.15 bits per heavy atom. The van der Waals surface area contributed by atoms with E-state index in [2.05, 4.69) is 21.8 Å². The standard InChI is InChI=1S/C21H23N3O2S/c1-27-20-17-13-22-24-18(17)11-12-19(20)26-16-9-7-15(8-10-16)23-21(25)14-5-3-2-4-6-14/h2-6,11-13,15-16H,7-10H2,1H3,(H,22,24)(H,23,25). The summed E-state index contributed by atoms with van der Waals surface area (Å²) in [5.74, 6) is 0.934. The summed E-state index contributed by atoms with van der Waals surface area (Å²) in [5, 5.41) is 11.4. The minimum Gasteiger partial charge on any atom is -0.489 e. The van der Waals surface area contributed by atoms with Gasteiger partial charge in [-0.3, -0.25) is 9.89 Å². The topological polar surface area (TPSA) is 67.0 Å². The number of nitrogens with one attached hydrogen (secondary N) is 2. The Labute approximate surface area is 162 Å². The van der Waals surface area contributed by atoms with Crippen LogP contribution in [0.4, 0.5) is 0 Å². The van der Waals surface area contributed by atoms with Crippen LogP contribution in [0.15, 0.2) is 53.6 Å². The maximum Gasteiger partial charge on any atom is 0.251 e. The van der Waals surface area contributed by atoms with E-state index in [0.29, 0.717) is 5.56 Å². The third kappa shape index (κ3) is 3.95. The summed E-state index contributed by atoms with van der Waals surface area (Å²) in [6.45, 7) is 0. The van der Waals surface area contributed by atoms with E-state index >= 15 is 0 Å². The summed E-state index contributed by atoms with van der Waals surface area (Å²) in [7, 11) is 0. The zero-order valence-electron chi connectivity index (χ0n) is 15.3. The number of benzene rings is 2. The molecule has 1 aliphatic rings. The molecule has 1 fully saturated rings. The van der Waals surface area contributed by atoms with Crippen LogP contribution in [0.25, 0.3) is 10.9 Å². The van der Waals surface area contributed by atoms with Gasteiger partial charge in [0.05, 0.1) is 22.7 Å². The monoisotopic (exact) mass is 381 g/mol. The number of hydrogen-bond acceptors (Lipinski definition) is 4. The molecule has 0 aliphatic heterocycles. The van der Waals surface area contributed by atoms with E-state index < -0.39 is 0 Å². The Morgan fingerprint density at radius 2 is 1.93 bits per heavy atom. The number of carbonyl (C=O) groups is 1. The molecule has 1 aliphatic carbocycles. The molecule has 1 amide bonds. The number of aromatic amines is 1. The molecule has 0 unspecified atom stereocenters. The molecule has 1 aromatic heterocycles. The summed E-state index contributed by atoms with van der Waals surface area (Å²) >= 11 is 1.68. The van der Waals surface area contributed by atoms with Gasteiger partial charge in [0.25, 0.3) is 5.91 Å². The van der Waals surface area contributed by atoms with E-state index in [1.54, 1.807) is 11.8 Å². The number of rotatable bonds is 5. The SMILES string of the molecule is CSc1c(OC2CCC(NC(=O)c3ccccc3)CC2)ccc2[nH]ncc12. The quantitative estimate of drug-likeness (QED) is 0.643. The van der Waals surface area contributed by atoms with E-state index in [0.717, 1.165) is 47.2 Å². The molecule has 27 heavy (non-hydrogen) atoms. The van der Waals surface area contributed by atoms with Gasteiger partial charge in [-0.15, -0.1) is 11.8 Å². The fraction of sp³-hybridized carbons (Fsp3) is 0.333. The fourth-order valence-electron chi connectivity index (χ4n) is 3.64. The Morgan fingerprint density at radius 3 is 2.67 bits per heavy atom. The largest absolute Gasteiger partial charge is 0.489 e. The second-order valence-electron chi connectivity index (χ2n) is 6.86. The maximum absolute atomic E-state index is 12.3. The van der Waals surface area contributed by atoms with Crippen LogP contribution in [-0.2, 0) is 0 Å². The van der Waals surface area contributed by atoms with Crippen LogP contribution in [0, 0.1) is 0 Å². The highest BCUT2D eigenvalue weighted by molar-refractivity contribution is 7.99. The zero-order chi connectivity index (χ0) is 18.6. The average molecular weight is 382 g/mol. The lowest BCUT2D eigenvalue weighted by Gasteiger charge is -2.30. The molecule has 2 aromatic carbocycles. The van der Waals surface area contributed by atoms with Crippen molar-refractivity contribution >= 4 is 28.6 Å². The van der Waals surface area contributed by atoms with Gasteiger partial charge in [-0.1, -0.05) is 18.2 Å². The lowest BCUT2D eigenvalue weighted by molar-refractivity contribution is 0.0892. The van der Waals surface area contributed by atoms with Crippen LogP contribution >= 0.6 is 11.8 Å². The Bertz CT molecular complexity index is 918. The number of amides is 1. The van der Waals surface area contributed by atoms with Crippen LogP contribution in [0.3, 0.4) is 0 Å². The molecule has 3 aromatic rings. The van der Waals surface area contributed by atoms with E-state index in [4.69, 9.17) is 4.74 Å². The summed E-state index contributed by atoms with van der Waals surface area (Å²) in [6, 6.07) is 13.6. The minimum absolute atomic E-state index is 0.00930. The van der Waals surface area contributed by atoms with Crippen molar-refractivity contribution in [2.45, 2.75) is 42.7 Å². The van der Waals surface area contributed by atoms with Crippen LogP contribution < -0.4 is 10.1 Å². The van der Waals surface area contributed by atoms with E-state index in [-0.39, 0.29) is 18.1 Å². The van der Waals surface area contributed by atoms with Gasteiger partial charge in [-0.2, -0.15) is 5.10 Å². The van der Waals surface area contributed by atoms with Gasteiger partial charge in [0, 0.05) is 17.0 Å². The van der Waals surface area contributed by atoms with Crippen molar-refractivity contribution in [1.29, 1.82) is 0 Å². The molecule has 0 saturated heterocycles. The summed E-state index contributed by atoms with van der Waals surface area (Å²) in [6.07, 6.45) is 7.85. The van der Waals surface area contributed by atoms with Crippen molar-refractivity contribution in [1.82, 2.24) is 15.5 Å². The van der Waals surface area contributed by atoms with Crippen molar-refractivity contribution in [3.63, 3.8) is 0 Å². The molecule has 0 radical (unpaired) electrons. The number of nitrogens with zero attached hydrogens (tertiary/aromatic N) is 1. The summed E-state index contributed by atoms with van der Waals surface area (Å²) in [4.78, 5) is 13.4. The highest BCUT2D eigenvalue weighted by Gasteiger charge is 2.25. The lowest BCUT2D eigenvalue weighted by Crippen LogP contribution is -2.39. The molecule has 6 heteroatoms. The molecular weight excluding hydrogens is 358 g/mol. The summed E-state index contributed by atoms with van der Waals surface area (Å²) < 4.78 is 6.32. The number of ether oxygens (including phenoxy) is 1. The first-order valence-corrected chi connectivity index (χ1v) is 10.5. The average Bonchev–Trinajstić information content (AvgIpc) is 3.19. The highest BCUT2D eigenvalue weighted by atomic mass is 32.2. The molecule has 5 nitrogen and oxygen atoms in total. The van der Waals surface area contributed by atoms with Crippen LogP contribution in [0.2, 0.25) is 0 Å². The van der Waals surface area contributed by atoms with Crippen molar-refractivity contribution < 1.29 is 9.53 Å². The van der Waals surface area contributed by atoms with Gasteiger partial charge in [0.15, 0.2) is 0 Å². The molecule has 0 spiro atoms. The molecule has 4 rings (SSSR count). The third-order valence-electron chi connectivity index (χ3n) is 5.08. The number of H-pyrrole nitrogens is 1. The Kier molecular flexibility index (Phi) is 5.34. The van der Waals surface area contributed by atoms with Gasteiger partial charge >= 0.3 is 0 Å². The second-order valence-corrected chi connectivity index (χ2v) is 7.68. The normalized spacial score (nSPS) is 19.7. The van der Waals surface area contributed by atoms with Gasteiger partial charge in [0.2, 0.25) is 0 Å². The van der Waals surface area contributed by atoms with E-state index in [1.807, 2.05) is 48.7 Å². The van der Waals surface area contributed by atoms with Gasteiger partial charge in [0.1, 0.15) is 5.75 Å². The molecule has 2 N–H and O–H groups in total. The molecule has 1 saturated carbocycles. The number of aromatic nitrogens is 2. The molecule has 0 bridgehead atoms. The Hall–Kier alpha value is -2.47. The van der Waals surface area contributed by atoms with Crippen LogP contribution in [0.5, 0.6) is 5.75 Å². The first-order valence-electron chi connectivity index (χ1n) is 9.27. The fourth-order valence-corrected chi connectivity index (χ4v) is 4.34. The number of thioether (sulfide) groups is 1. The van der Waals surface area contributed by atoms with E-state index in [1.165, 1.54) is 0 Å². The van der Waals surface area contributed by atoms with Crippen molar-refractivity contribution in [3.05, 3.63) is 54.2 Å².